The Hall–Kier alpha value is -1.33. The predicted octanol–water partition coefficient (Wildman–Crippen LogP) is 2.21. The molecule has 0 heterocycles. The summed E-state index contributed by atoms with van der Waals surface area (Å²) in [4.78, 5) is 2.17. The third-order valence-electron chi connectivity index (χ3n) is 3.70. The first-order valence-electron chi connectivity index (χ1n) is 6.88. The van der Waals surface area contributed by atoms with E-state index in [1.165, 1.54) is 0 Å². The van der Waals surface area contributed by atoms with Crippen LogP contribution in [0.1, 0.15) is 24.1 Å². The quantitative estimate of drug-likeness (QED) is 0.832. The van der Waals surface area contributed by atoms with E-state index in [0.717, 1.165) is 16.1 Å². The molecule has 0 aliphatic carbocycles. The third kappa shape index (κ3) is 4.08. The standard InChI is InChI=1S/C16H19BClNO2/c1-12(15-8-3-4-9-16(15)18)19(2)11-13-6-5-7-14(10-13)17(20)21/h3-10,12,20-21H,11H2,1-2H3. The van der Waals surface area contributed by atoms with Gasteiger partial charge < -0.3 is 10.0 Å². The Kier molecular flexibility index (Phi) is 5.42. The number of rotatable bonds is 5. The number of nitrogens with zero attached hydrogens (tertiary/aromatic N) is 1. The highest BCUT2D eigenvalue weighted by atomic mass is 35.5. The molecular formula is C16H19BClNO2. The maximum atomic E-state index is 9.23. The van der Waals surface area contributed by atoms with Crippen LogP contribution in [0.4, 0.5) is 0 Å². The summed E-state index contributed by atoms with van der Waals surface area (Å²) in [5.41, 5.74) is 2.62. The summed E-state index contributed by atoms with van der Waals surface area (Å²) < 4.78 is 0. The van der Waals surface area contributed by atoms with Gasteiger partial charge in [-0.3, -0.25) is 4.90 Å². The lowest BCUT2D eigenvalue weighted by Crippen LogP contribution is -2.30. The van der Waals surface area contributed by atoms with Gasteiger partial charge in [-0.05, 0) is 36.6 Å². The molecule has 0 bridgehead atoms. The van der Waals surface area contributed by atoms with E-state index in [1.54, 1.807) is 12.1 Å². The maximum Gasteiger partial charge on any atom is 0.488 e. The summed E-state index contributed by atoms with van der Waals surface area (Å²) in [5.74, 6) is 0. The van der Waals surface area contributed by atoms with E-state index in [2.05, 4.69) is 11.8 Å². The van der Waals surface area contributed by atoms with Crippen molar-refractivity contribution in [2.45, 2.75) is 19.5 Å². The smallest absolute Gasteiger partial charge is 0.423 e. The topological polar surface area (TPSA) is 43.7 Å². The Balaban J connectivity index is 2.12. The van der Waals surface area contributed by atoms with Crippen molar-refractivity contribution < 1.29 is 10.0 Å². The van der Waals surface area contributed by atoms with Crippen LogP contribution in [0.25, 0.3) is 0 Å². The number of hydrogen-bond acceptors (Lipinski definition) is 3. The minimum atomic E-state index is -1.43. The first kappa shape index (κ1) is 16.1. The molecule has 2 N–H and O–H groups in total. The van der Waals surface area contributed by atoms with Gasteiger partial charge in [0.05, 0.1) is 0 Å². The first-order chi connectivity index (χ1) is 9.99. The molecule has 0 spiro atoms. The molecule has 5 heteroatoms. The van der Waals surface area contributed by atoms with Crippen molar-refractivity contribution in [3.63, 3.8) is 0 Å². The minimum absolute atomic E-state index is 0.168. The van der Waals surface area contributed by atoms with Gasteiger partial charge >= 0.3 is 7.12 Å². The molecule has 3 nitrogen and oxygen atoms in total. The first-order valence-corrected chi connectivity index (χ1v) is 7.26. The predicted molar refractivity (Wildman–Crippen MR) is 87.6 cm³/mol. The summed E-state index contributed by atoms with van der Waals surface area (Å²) in [5, 5.41) is 19.2. The van der Waals surface area contributed by atoms with Gasteiger partial charge in [-0.2, -0.15) is 0 Å². The van der Waals surface area contributed by atoms with Crippen LogP contribution in [0.2, 0.25) is 5.02 Å². The molecule has 0 aromatic heterocycles. The van der Waals surface area contributed by atoms with Crippen molar-refractivity contribution in [1.82, 2.24) is 4.90 Å². The lowest BCUT2D eigenvalue weighted by molar-refractivity contribution is 0.253. The molecule has 1 atom stereocenters. The van der Waals surface area contributed by atoms with Gasteiger partial charge in [0.15, 0.2) is 0 Å². The molecule has 0 radical (unpaired) electrons. The number of benzene rings is 2. The fraction of sp³-hybridized carbons (Fsp3) is 0.250. The molecule has 110 valence electrons. The van der Waals surface area contributed by atoms with Crippen LogP contribution in [-0.2, 0) is 6.54 Å². The Morgan fingerprint density at radius 3 is 2.52 bits per heavy atom. The second kappa shape index (κ2) is 7.10. The van der Waals surface area contributed by atoms with Crippen LogP contribution in [0.3, 0.4) is 0 Å². The average Bonchev–Trinajstić information content (AvgIpc) is 2.47. The molecule has 0 saturated heterocycles. The largest absolute Gasteiger partial charge is 0.488 e. The molecule has 2 aromatic carbocycles. The highest BCUT2D eigenvalue weighted by Crippen LogP contribution is 2.26. The molecule has 1 unspecified atom stereocenters. The molecule has 0 fully saturated rings. The summed E-state index contributed by atoms with van der Waals surface area (Å²) in [6.45, 7) is 2.80. The van der Waals surface area contributed by atoms with Crippen molar-refractivity contribution in [3.8, 4) is 0 Å². The van der Waals surface area contributed by atoms with Crippen LogP contribution in [0.15, 0.2) is 48.5 Å². The second-order valence-corrected chi connectivity index (χ2v) is 5.64. The Morgan fingerprint density at radius 1 is 1.14 bits per heavy atom. The molecule has 0 saturated carbocycles. The zero-order chi connectivity index (χ0) is 15.4. The highest BCUT2D eigenvalue weighted by molar-refractivity contribution is 6.58. The zero-order valence-corrected chi connectivity index (χ0v) is 13.0. The molecular weight excluding hydrogens is 284 g/mol. The van der Waals surface area contributed by atoms with E-state index in [9.17, 15) is 10.0 Å². The monoisotopic (exact) mass is 303 g/mol. The third-order valence-corrected chi connectivity index (χ3v) is 4.04. The van der Waals surface area contributed by atoms with Gasteiger partial charge in [-0.1, -0.05) is 54.1 Å². The molecule has 0 aliphatic rings. The van der Waals surface area contributed by atoms with Crippen LogP contribution in [-0.4, -0.2) is 29.1 Å². The Labute approximate surface area is 130 Å². The van der Waals surface area contributed by atoms with Crippen molar-refractivity contribution >= 4 is 24.2 Å². The van der Waals surface area contributed by atoms with Crippen molar-refractivity contribution in [2.24, 2.45) is 0 Å². The van der Waals surface area contributed by atoms with Gasteiger partial charge in [0.1, 0.15) is 0 Å². The van der Waals surface area contributed by atoms with Gasteiger partial charge in [-0.15, -0.1) is 0 Å². The van der Waals surface area contributed by atoms with Crippen molar-refractivity contribution in [2.75, 3.05) is 7.05 Å². The van der Waals surface area contributed by atoms with E-state index in [4.69, 9.17) is 11.6 Å². The summed E-state index contributed by atoms with van der Waals surface area (Å²) in [6, 6.07) is 15.3. The summed E-state index contributed by atoms with van der Waals surface area (Å²) in [7, 11) is 0.590. The molecule has 2 aromatic rings. The SMILES string of the molecule is CC(c1ccccc1Cl)N(C)Cc1cccc(B(O)O)c1. The van der Waals surface area contributed by atoms with Gasteiger partial charge in [-0.25, -0.2) is 0 Å². The van der Waals surface area contributed by atoms with Crippen LogP contribution in [0, 0.1) is 0 Å². The van der Waals surface area contributed by atoms with E-state index in [1.807, 2.05) is 43.4 Å². The molecule has 21 heavy (non-hydrogen) atoms. The normalized spacial score (nSPS) is 12.5. The van der Waals surface area contributed by atoms with E-state index < -0.39 is 7.12 Å². The zero-order valence-electron chi connectivity index (χ0n) is 12.2. The van der Waals surface area contributed by atoms with Gasteiger partial charge in [0.25, 0.3) is 0 Å². The number of halogens is 1. The molecule has 0 amide bonds. The van der Waals surface area contributed by atoms with Crippen LogP contribution < -0.4 is 5.46 Å². The second-order valence-electron chi connectivity index (χ2n) is 5.23. The van der Waals surface area contributed by atoms with E-state index >= 15 is 0 Å². The number of hydrogen-bond donors (Lipinski definition) is 2. The van der Waals surface area contributed by atoms with E-state index in [-0.39, 0.29) is 6.04 Å². The Bertz CT molecular complexity index is 606. The van der Waals surface area contributed by atoms with E-state index in [0.29, 0.717) is 12.0 Å². The average molecular weight is 304 g/mol. The molecule has 2 rings (SSSR count). The minimum Gasteiger partial charge on any atom is -0.423 e. The van der Waals surface area contributed by atoms with Crippen molar-refractivity contribution in [3.05, 3.63) is 64.7 Å². The van der Waals surface area contributed by atoms with Crippen LogP contribution >= 0.6 is 11.6 Å². The van der Waals surface area contributed by atoms with Crippen molar-refractivity contribution in [1.29, 1.82) is 0 Å². The maximum absolute atomic E-state index is 9.23. The molecule has 0 aliphatic heterocycles. The summed E-state index contributed by atoms with van der Waals surface area (Å²) in [6.07, 6.45) is 0. The summed E-state index contributed by atoms with van der Waals surface area (Å²) >= 11 is 6.24. The lowest BCUT2D eigenvalue weighted by atomic mass is 9.79. The Morgan fingerprint density at radius 2 is 1.86 bits per heavy atom. The van der Waals surface area contributed by atoms with Gasteiger partial charge in [0.2, 0.25) is 0 Å². The lowest BCUT2D eigenvalue weighted by Gasteiger charge is -2.26. The highest BCUT2D eigenvalue weighted by Gasteiger charge is 2.16. The fourth-order valence-corrected chi connectivity index (χ4v) is 2.62. The van der Waals surface area contributed by atoms with Gasteiger partial charge in [0, 0.05) is 17.6 Å². The van der Waals surface area contributed by atoms with Crippen LogP contribution in [0.5, 0.6) is 0 Å². The fourth-order valence-electron chi connectivity index (χ4n) is 2.33.